The lowest BCUT2D eigenvalue weighted by Crippen LogP contribution is -2.38. The minimum absolute atomic E-state index is 0.0537. The van der Waals surface area contributed by atoms with Gasteiger partial charge in [-0.25, -0.2) is 4.79 Å². The summed E-state index contributed by atoms with van der Waals surface area (Å²) in [7, 11) is 0. The fourth-order valence-corrected chi connectivity index (χ4v) is 1.61. The lowest BCUT2D eigenvalue weighted by molar-refractivity contribution is 0.213. The van der Waals surface area contributed by atoms with Crippen LogP contribution in [0.4, 0.5) is 4.79 Å². The van der Waals surface area contributed by atoms with E-state index in [-0.39, 0.29) is 11.6 Å². The zero-order valence-corrected chi connectivity index (χ0v) is 10.2. The van der Waals surface area contributed by atoms with E-state index in [0.717, 1.165) is 19.5 Å². The maximum Gasteiger partial charge on any atom is 0.317 e. The summed E-state index contributed by atoms with van der Waals surface area (Å²) in [6.07, 6.45) is 0.839. The summed E-state index contributed by atoms with van der Waals surface area (Å²) in [4.78, 5) is 13.4. The molecule has 0 aromatic rings. The van der Waals surface area contributed by atoms with Crippen molar-refractivity contribution in [1.29, 1.82) is 0 Å². The molecule has 15 heavy (non-hydrogen) atoms. The van der Waals surface area contributed by atoms with Crippen molar-refractivity contribution >= 4 is 6.03 Å². The SMILES string of the molecule is CC(C)C1CN(CCC(C)(C)N)C(=O)N1. The third kappa shape index (κ3) is 3.70. The molecular formula is C11H23N3O. The highest BCUT2D eigenvalue weighted by Gasteiger charge is 2.30. The number of nitrogens with one attached hydrogen (secondary N) is 1. The van der Waals surface area contributed by atoms with Crippen molar-refractivity contribution in [1.82, 2.24) is 10.2 Å². The Kier molecular flexibility index (Phi) is 3.60. The Morgan fingerprint density at radius 1 is 1.60 bits per heavy atom. The number of nitrogens with zero attached hydrogens (tertiary/aromatic N) is 1. The number of rotatable bonds is 4. The third-order valence-electron chi connectivity index (χ3n) is 2.84. The van der Waals surface area contributed by atoms with E-state index in [1.807, 2.05) is 18.7 Å². The average molecular weight is 213 g/mol. The van der Waals surface area contributed by atoms with Gasteiger partial charge in [0.15, 0.2) is 0 Å². The van der Waals surface area contributed by atoms with Crippen molar-refractivity contribution in [2.45, 2.75) is 45.7 Å². The van der Waals surface area contributed by atoms with Crippen molar-refractivity contribution in [3.8, 4) is 0 Å². The summed E-state index contributed by atoms with van der Waals surface area (Å²) in [5.41, 5.74) is 5.70. The van der Waals surface area contributed by atoms with Gasteiger partial charge in [-0.1, -0.05) is 13.8 Å². The molecule has 0 aliphatic carbocycles. The molecule has 1 aliphatic rings. The van der Waals surface area contributed by atoms with E-state index in [9.17, 15) is 4.79 Å². The van der Waals surface area contributed by atoms with Gasteiger partial charge in [-0.15, -0.1) is 0 Å². The molecule has 4 nitrogen and oxygen atoms in total. The van der Waals surface area contributed by atoms with Crippen molar-refractivity contribution < 1.29 is 4.79 Å². The van der Waals surface area contributed by atoms with Gasteiger partial charge in [-0.3, -0.25) is 0 Å². The molecule has 1 atom stereocenters. The Labute approximate surface area is 92.2 Å². The molecule has 1 heterocycles. The number of urea groups is 1. The minimum Gasteiger partial charge on any atom is -0.333 e. The Morgan fingerprint density at radius 2 is 2.20 bits per heavy atom. The topological polar surface area (TPSA) is 58.4 Å². The minimum atomic E-state index is -0.198. The monoisotopic (exact) mass is 213 g/mol. The summed E-state index contributed by atoms with van der Waals surface area (Å²) in [6, 6.07) is 0.344. The first-order valence-corrected chi connectivity index (χ1v) is 5.64. The Balaban J connectivity index is 2.41. The van der Waals surface area contributed by atoms with Gasteiger partial charge in [0.2, 0.25) is 0 Å². The molecule has 0 spiro atoms. The molecule has 4 heteroatoms. The molecular weight excluding hydrogens is 190 g/mol. The molecule has 1 rings (SSSR count). The number of carbonyl (C=O) groups is 1. The first kappa shape index (κ1) is 12.3. The second-order valence-corrected chi connectivity index (χ2v) is 5.48. The van der Waals surface area contributed by atoms with Crippen LogP contribution in [0.5, 0.6) is 0 Å². The van der Waals surface area contributed by atoms with Gasteiger partial charge < -0.3 is 16.0 Å². The number of hydrogen-bond donors (Lipinski definition) is 2. The van der Waals surface area contributed by atoms with Crippen LogP contribution in [0, 0.1) is 5.92 Å². The number of carbonyl (C=O) groups excluding carboxylic acids is 1. The smallest absolute Gasteiger partial charge is 0.317 e. The summed E-state index contributed by atoms with van der Waals surface area (Å²) in [6.45, 7) is 9.79. The quantitative estimate of drug-likeness (QED) is 0.736. The summed E-state index contributed by atoms with van der Waals surface area (Å²) in [5, 5.41) is 2.99. The second kappa shape index (κ2) is 4.39. The molecule has 1 fully saturated rings. The van der Waals surface area contributed by atoms with Gasteiger partial charge in [-0.2, -0.15) is 0 Å². The Hall–Kier alpha value is -0.770. The van der Waals surface area contributed by atoms with Crippen LogP contribution in [0.25, 0.3) is 0 Å². The maximum absolute atomic E-state index is 11.6. The zero-order chi connectivity index (χ0) is 11.6. The van der Waals surface area contributed by atoms with Crippen molar-refractivity contribution in [3.63, 3.8) is 0 Å². The maximum atomic E-state index is 11.6. The summed E-state index contributed by atoms with van der Waals surface area (Å²) < 4.78 is 0. The highest BCUT2D eigenvalue weighted by atomic mass is 16.2. The van der Waals surface area contributed by atoms with Crippen LogP contribution < -0.4 is 11.1 Å². The molecule has 0 saturated carbocycles. The highest BCUT2D eigenvalue weighted by molar-refractivity contribution is 5.76. The largest absolute Gasteiger partial charge is 0.333 e. The molecule has 0 aromatic heterocycles. The number of amides is 2. The van der Waals surface area contributed by atoms with Crippen LogP contribution >= 0.6 is 0 Å². The first-order valence-electron chi connectivity index (χ1n) is 5.64. The van der Waals surface area contributed by atoms with E-state index in [0.29, 0.717) is 12.0 Å². The van der Waals surface area contributed by atoms with Gasteiger partial charge in [0.05, 0.1) is 6.04 Å². The number of hydrogen-bond acceptors (Lipinski definition) is 2. The van der Waals surface area contributed by atoms with Crippen LogP contribution in [0.3, 0.4) is 0 Å². The molecule has 0 bridgehead atoms. The fraction of sp³-hybridized carbons (Fsp3) is 0.909. The van der Waals surface area contributed by atoms with Gasteiger partial charge in [-0.05, 0) is 26.2 Å². The molecule has 1 saturated heterocycles. The lowest BCUT2D eigenvalue weighted by Gasteiger charge is -2.22. The fourth-order valence-electron chi connectivity index (χ4n) is 1.61. The van der Waals surface area contributed by atoms with Crippen LogP contribution in [-0.4, -0.2) is 35.6 Å². The van der Waals surface area contributed by atoms with Gasteiger partial charge >= 0.3 is 6.03 Å². The molecule has 88 valence electrons. The van der Waals surface area contributed by atoms with Crippen LogP contribution in [0.2, 0.25) is 0 Å². The predicted octanol–water partition coefficient (Wildman–Crippen LogP) is 1.16. The summed E-state index contributed by atoms with van der Waals surface area (Å²) in [5.74, 6) is 0.491. The lowest BCUT2D eigenvalue weighted by atomic mass is 10.0. The van der Waals surface area contributed by atoms with E-state index in [4.69, 9.17) is 5.73 Å². The van der Waals surface area contributed by atoms with Crippen LogP contribution in [0.1, 0.15) is 34.1 Å². The average Bonchev–Trinajstić information content (AvgIpc) is 2.42. The Bertz CT molecular complexity index is 232. The number of nitrogens with two attached hydrogens (primary N) is 1. The molecule has 1 aliphatic heterocycles. The molecule has 0 radical (unpaired) electrons. The predicted molar refractivity (Wildman–Crippen MR) is 61.6 cm³/mol. The first-order chi connectivity index (χ1) is 6.79. The normalized spacial score (nSPS) is 22.4. The zero-order valence-electron chi connectivity index (χ0n) is 10.2. The molecule has 3 N–H and O–H groups in total. The third-order valence-corrected chi connectivity index (χ3v) is 2.84. The molecule has 0 aromatic carbocycles. The van der Waals surface area contributed by atoms with Crippen LogP contribution in [-0.2, 0) is 0 Å². The van der Waals surface area contributed by atoms with E-state index >= 15 is 0 Å². The molecule has 1 unspecified atom stereocenters. The Morgan fingerprint density at radius 3 is 2.60 bits per heavy atom. The van der Waals surface area contributed by atoms with Gasteiger partial charge in [0, 0.05) is 18.6 Å². The van der Waals surface area contributed by atoms with Crippen LogP contribution in [0.15, 0.2) is 0 Å². The van der Waals surface area contributed by atoms with E-state index in [2.05, 4.69) is 19.2 Å². The molecule has 2 amide bonds. The van der Waals surface area contributed by atoms with Crippen molar-refractivity contribution in [3.05, 3.63) is 0 Å². The van der Waals surface area contributed by atoms with E-state index in [1.165, 1.54) is 0 Å². The highest BCUT2D eigenvalue weighted by Crippen LogP contribution is 2.14. The van der Waals surface area contributed by atoms with Gasteiger partial charge in [0.1, 0.15) is 0 Å². The van der Waals surface area contributed by atoms with Gasteiger partial charge in [0.25, 0.3) is 0 Å². The summed E-state index contributed by atoms with van der Waals surface area (Å²) >= 11 is 0. The van der Waals surface area contributed by atoms with Crippen molar-refractivity contribution in [2.75, 3.05) is 13.1 Å². The van der Waals surface area contributed by atoms with E-state index in [1.54, 1.807) is 0 Å². The van der Waals surface area contributed by atoms with Crippen molar-refractivity contribution in [2.24, 2.45) is 11.7 Å². The second-order valence-electron chi connectivity index (χ2n) is 5.48. The standard InChI is InChI=1S/C11H23N3O/c1-8(2)9-7-14(10(15)13-9)6-5-11(3,4)12/h8-9H,5-7,12H2,1-4H3,(H,13,15). The van der Waals surface area contributed by atoms with E-state index < -0.39 is 0 Å².